The van der Waals surface area contributed by atoms with Crippen molar-refractivity contribution in [2.24, 2.45) is 0 Å². The first-order valence-corrected chi connectivity index (χ1v) is 8.93. The number of rotatable bonds is 6. The molecule has 5 heteroatoms. The van der Waals surface area contributed by atoms with Crippen molar-refractivity contribution in [2.75, 3.05) is 14.2 Å². The molecule has 116 valence electrons. The molecule has 2 aromatic rings. The van der Waals surface area contributed by atoms with E-state index in [0.717, 1.165) is 22.1 Å². The Morgan fingerprint density at radius 1 is 1.09 bits per heavy atom. The van der Waals surface area contributed by atoms with Gasteiger partial charge in [-0.3, -0.25) is 0 Å². The van der Waals surface area contributed by atoms with Crippen molar-refractivity contribution >= 4 is 36.4 Å². The summed E-state index contributed by atoms with van der Waals surface area (Å²) < 4.78 is 9.89. The Balaban J connectivity index is 2.15. The van der Waals surface area contributed by atoms with E-state index in [1.807, 2.05) is 43.3 Å². The molecule has 0 aliphatic carbocycles. The number of carbonyl (C=O) groups is 2. The SMILES string of the molecule is COC(=O)C[Se]C(=O)[C@@H](C)c1ccc2cc(OC)ccc2c1. The van der Waals surface area contributed by atoms with Crippen molar-refractivity contribution in [1.29, 1.82) is 0 Å². The summed E-state index contributed by atoms with van der Waals surface area (Å²) in [5.41, 5.74) is 0.967. The van der Waals surface area contributed by atoms with Crippen molar-refractivity contribution in [1.82, 2.24) is 0 Å². The quantitative estimate of drug-likeness (QED) is 0.584. The average Bonchev–Trinajstić information content (AvgIpc) is 2.57. The van der Waals surface area contributed by atoms with Crippen LogP contribution >= 0.6 is 0 Å². The van der Waals surface area contributed by atoms with E-state index in [9.17, 15) is 9.59 Å². The van der Waals surface area contributed by atoms with Crippen LogP contribution < -0.4 is 4.74 Å². The van der Waals surface area contributed by atoms with Crippen LogP contribution in [0.15, 0.2) is 36.4 Å². The minimum atomic E-state index is -0.388. The van der Waals surface area contributed by atoms with Gasteiger partial charge in [-0.1, -0.05) is 0 Å². The molecule has 0 aliphatic heterocycles. The van der Waals surface area contributed by atoms with E-state index in [0.29, 0.717) is 0 Å². The topological polar surface area (TPSA) is 52.6 Å². The first-order valence-electron chi connectivity index (χ1n) is 6.86. The Morgan fingerprint density at radius 3 is 2.45 bits per heavy atom. The molecule has 2 aromatic carbocycles. The molecule has 0 radical (unpaired) electrons. The third kappa shape index (κ3) is 3.87. The Kier molecular flexibility index (Phi) is 5.58. The van der Waals surface area contributed by atoms with E-state index < -0.39 is 0 Å². The predicted octanol–water partition coefficient (Wildman–Crippen LogP) is 2.77. The number of fused-ring (bicyclic) bond motifs is 1. The molecule has 0 spiro atoms. The molecule has 0 aromatic heterocycles. The van der Waals surface area contributed by atoms with E-state index in [4.69, 9.17) is 4.74 Å². The number of carbonyl (C=O) groups excluding carboxylic acids is 2. The third-order valence-electron chi connectivity index (χ3n) is 3.48. The second-order valence-electron chi connectivity index (χ2n) is 4.88. The molecule has 0 aliphatic rings. The molecule has 1 atom stereocenters. The Labute approximate surface area is 135 Å². The van der Waals surface area contributed by atoms with Crippen LogP contribution in [-0.4, -0.2) is 39.8 Å². The molecule has 0 bridgehead atoms. The summed E-state index contributed by atoms with van der Waals surface area (Å²) in [5, 5.41) is 2.33. The van der Waals surface area contributed by atoms with E-state index in [1.165, 1.54) is 7.11 Å². The van der Waals surface area contributed by atoms with E-state index in [2.05, 4.69) is 4.74 Å². The maximum absolute atomic E-state index is 12.2. The molecular formula is C17H18O4Se. The summed E-state index contributed by atoms with van der Waals surface area (Å²) >= 11 is -0.388. The fourth-order valence-electron chi connectivity index (χ4n) is 2.09. The molecule has 0 fully saturated rings. The second-order valence-corrected chi connectivity index (χ2v) is 6.93. The number of ether oxygens (including phenoxy) is 2. The Hall–Kier alpha value is -1.84. The van der Waals surface area contributed by atoms with Gasteiger partial charge in [0.2, 0.25) is 0 Å². The maximum atomic E-state index is 12.2. The number of hydrogen-bond donors (Lipinski definition) is 0. The molecule has 0 N–H and O–H groups in total. The molecule has 0 unspecified atom stereocenters. The second kappa shape index (κ2) is 7.43. The van der Waals surface area contributed by atoms with Crippen LogP contribution in [0.3, 0.4) is 0 Å². The molecular weight excluding hydrogens is 347 g/mol. The molecule has 2 rings (SSSR count). The van der Waals surface area contributed by atoms with Gasteiger partial charge in [0, 0.05) is 0 Å². The van der Waals surface area contributed by atoms with Crippen LogP contribution in [0.2, 0.25) is 5.32 Å². The van der Waals surface area contributed by atoms with Gasteiger partial charge in [-0.2, -0.15) is 0 Å². The zero-order valence-electron chi connectivity index (χ0n) is 12.8. The summed E-state index contributed by atoms with van der Waals surface area (Å²) in [7, 11) is 2.98. The number of hydrogen-bond acceptors (Lipinski definition) is 4. The number of benzene rings is 2. The van der Waals surface area contributed by atoms with Crippen LogP contribution in [0.1, 0.15) is 18.4 Å². The summed E-state index contributed by atoms with van der Waals surface area (Å²) in [5.74, 6) is 0.271. The monoisotopic (exact) mass is 366 g/mol. The summed E-state index contributed by atoms with van der Waals surface area (Å²) in [4.78, 5) is 23.3. The van der Waals surface area contributed by atoms with E-state index in [-0.39, 0.29) is 36.8 Å². The van der Waals surface area contributed by atoms with Crippen molar-refractivity contribution in [3.05, 3.63) is 42.0 Å². The zero-order valence-corrected chi connectivity index (χ0v) is 14.5. The van der Waals surface area contributed by atoms with Crippen LogP contribution in [0.5, 0.6) is 5.75 Å². The Bertz CT molecular complexity index is 696. The van der Waals surface area contributed by atoms with Crippen LogP contribution in [-0.2, 0) is 14.3 Å². The van der Waals surface area contributed by atoms with E-state index in [1.54, 1.807) is 7.11 Å². The molecule has 4 nitrogen and oxygen atoms in total. The van der Waals surface area contributed by atoms with Gasteiger partial charge in [-0.05, 0) is 0 Å². The number of esters is 1. The van der Waals surface area contributed by atoms with Gasteiger partial charge in [0.05, 0.1) is 0 Å². The standard InChI is InChI=1S/C17H18O4Se/c1-11(17(19)22-10-16(18)21-3)12-4-5-14-9-15(20-2)7-6-13(14)8-12/h4-9,11H,10H2,1-3H3/t11-/m0/s1. The number of methoxy groups -OCH3 is 2. The van der Waals surface area contributed by atoms with Crippen molar-refractivity contribution in [3.8, 4) is 5.75 Å². The first-order chi connectivity index (χ1) is 10.5. The van der Waals surface area contributed by atoms with Gasteiger partial charge in [0.1, 0.15) is 0 Å². The average molecular weight is 365 g/mol. The van der Waals surface area contributed by atoms with Crippen molar-refractivity contribution in [3.63, 3.8) is 0 Å². The van der Waals surface area contributed by atoms with Gasteiger partial charge in [-0.25, -0.2) is 0 Å². The fourth-order valence-corrected chi connectivity index (χ4v) is 3.69. The van der Waals surface area contributed by atoms with Crippen LogP contribution in [0.4, 0.5) is 0 Å². The summed E-state index contributed by atoms with van der Waals surface area (Å²) in [6.45, 7) is 1.88. The molecule has 22 heavy (non-hydrogen) atoms. The molecule has 0 saturated carbocycles. The van der Waals surface area contributed by atoms with Crippen LogP contribution in [0, 0.1) is 0 Å². The predicted molar refractivity (Wildman–Crippen MR) is 86.5 cm³/mol. The Morgan fingerprint density at radius 2 is 1.77 bits per heavy atom. The fraction of sp³-hybridized carbons (Fsp3) is 0.294. The van der Waals surface area contributed by atoms with Gasteiger partial charge in [0.15, 0.2) is 0 Å². The van der Waals surface area contributed by atoms with Crippen LogP contribution in [0.25, 0.3) is 10.8 Å². The molecule has 0 amide bonds. The van der Waals surface area contributed by atoms with Gasteiger partial charge < -0.3 is 0 Å². The van der Waals surface area contributed by atoms with Crippen molar-refractivity contribution < 1.29 is 19.1 Å². The third-order valence-corrected chi connectivity index (χ3v) is 5.62. The van der Waals surface area contributed by atoms with E-state index >= 15 is 0 Å². The first kappa shape index (κ1) is 16.5. The van der Waals surface area contributed by atoms with Gasteiger partial charge in [0.25, 0.3) is 0 Å². The van der Waals surface area contributed by atoms with Gasteiger partial charge in [-0.15, -0.1) is 0 Å². The molecule has 0 saturated heterocycles. The summed E-state index contributed by atoms with van der Waals surface area (Å²) in [6, 6.07) is 11.8. The minimum absolute atomic E-state index is 0.103. The van der Waals surface area contributed by atoms with Crippen molar-refractivity contribution in [2.45, 2.75) is 18.2 Å². The van der Waals surface area contributed by atoms with Gasteiger partial charge >= 0.3 is 136 Å². The zero-order chi connectivity index (χ0) is 16.1. The molecule has 0 heterocycles. The summed E-state index contributed by atoms with van der Waals surface area (Å²) in [6.07, 6.45) is 0. The normalized spacial score (nSPS) is 12.0.